The van der Waals surface area contributed by atoms with E-state index in [0.717, 1.165) is 0 Å². The Morgan fingerprint density at radius 2 is 1.42 bits per heavy atom. The number of nitrogens with zero attached hydrogens (tertiary/aromatic N) is 2. The van der Waals surface area contributed by atoms with E-state index in [1.807, 2.05) is 12.1 Å². The average molecular weight is 266 g/mol. The molecule has 0 N–H and O–H groups in total. The number of rotatable bonds is 9. The van der Waals surface area contributed by atoms with Crippen LogP contribution in [0.2, 0.25) is 0 Å². The molecule has 0 radical (unpaired) electrons. The lowest BCUT2D eigenvalue weighted by Gasteiger charge is -2.13. The fourth-order valence-corrected chi connectivity index (χ4v) is 1.28. The molecule has 6 nitrogen and oxygen atoms in total. The summed E-state index contributed by atoms with van der Waals surface area (Å²) in [6.45, 7) is 1.95. The number of unbranched alkanes of at least 4 members (excludes halogenated alkanes) is 2. The Hall–Kier alpha value is -2.08. The zero-order valence-corrected chi connectivity index (χ0v) is 11.1. The van der Waals surface area contributed by atoms with Crippen molar-refractivity contribution in [2.45, 2.75) is 39.0 Å². The molecule has 19 heavy (non-hydrogen) atoms. The summed E-state index contributed by atoms with van der Waals surface area (Å²) in [5.74, 6) is -2.17. The lowest BCUT2D eigenvalue weighted by Crippen LogP contribution is -2.28. The maximum Gasteiger partial charge on any atom is 0.320 e. The first-order chi connectivity index (χ1) is 9.17. The number of carbonyl (C=O) groups excluding carboxylic acids is 2. The molecule has 104 valence electrons. The van der Waals surface area contributed by atoms with Gasteiger partial charge in [-0.1, -0.05) is 6.92 Å². The van der Waals surface area contributed by atoms with Crippen molar-refractivity contribution >= 4 is 11.9 Å². The Balaban J connectivity index is 4.02. The highest BCUT2D eigenvalue weighted by atomic mass is 16.6. The smallest absolute Gasteiger partial charge is 0.320 e. The molecule has 0 aromatic carbocycles. The molecule has 0 atom stereocenters. The van der Waals surface area contributed by atoms with Crippen LogP contribution in [0.5, 0.6) is 0 Å². The number of nitriles is 2. The van der Waals surface area contributed by atoms with Crippen molar-refractivity contribution < 1.29 is 19.1 Å². The van der Waals surface area contributed by atoms with Crippen LogP contribution in [0.4, 0.5) is 0 Å². The second kappa shape index (κ2) is 11.0. The lowest BCUT2D eigenvalue weighted by atomic mass is 10.1. The molecule has 0 saturated carbocycles. The molecule has 0 rings (SSSR count). The van der Waals surface area contributed by atoms with Crippen LogP contribution in [-0.2, 0) is 19.1 Å². The fraction of sp³-hybridized carbons (Fsp3) is 0.692. The largest absolute Gasteiger partial charge is 0.465 e. The summed E-state index contributed by atoms with van der Waals surface area (Å²) in [6.07, 6.45) is 1.82. The Labute approximate surface area is 112 Å². The molecule has 0 aromatic heterocycles. The standard InChI is InChI=1S/C13H18N2O4/c1-2-11(12(16)18-9-5-3-7-14)13(17)19-10-6-4-8-15/h11H,2-6,9-10H2,1H3. The topological polar surface area (TPSA) is 100 Å². The van der Waals surface area contributed by atoms with Crippen LogP contribution in [0.15, 0.2) is 0 Å². The van der Waals surface area contributed by atoms with Gasteiger partial charge >= 0.3 is 11.9 Å². The van der Waals surface area contributed by atoms with E-state index in [0.29, 0.717) is 32.1 Å². The normalized spacial score (nSPS) is 9.47. The molecule has 0 unspecified atom stereocenters. The van der Waals surface area contributed by atoms with Gasteiger partial charge in [0.15, 0.2) is 5.92 Å². The van der Waals surface area contributed by atoms with E-state index >= 15 is 0 Å². The summed E-state index contributed by atoms with van der Waals surface area (Å²) in [5, 5.41) is 16.7. The third-order valence-electron chi connectivity index (χ3n) is 2.33. The third kappa shape index (κ3) is 7.77. The second-order valence-electron chi connectivity index (χ2n) is 3.82. The van der Waals surface area contributed by atoms with E-state index in [4.69, 9.17) is 20.0 Å². The van der Waals surface area contributed by atoms with Gasteiger partial charge in [0.25, 0.3) is 0 Å². The number of hydrogen-bond donors (Lipinski definition) is 0. The molecule has 0 aromatic rings. The van der Waals surface area contributed by atoms with E-state index in [1.165, 1.54) is 0 Å². The van der Waals surface area contributed by atoms with Crippen molar-refractivity contribution in [2.24, 2.45) is 5.92 Å². The van der Waals surface area contributed by atoms with Gasteiger partial charge in [0, 0.05) is 12.8 Å². The van der Waals surface area contributed by atoms with Crippen molar-refractivity contribution in [3.63, 3.8) is 0 Å². The number of carbonyl (C=O) groups is 2. The van der Waals surface area contributed by atoms with Crippen LogP contribution in [0.25, 0.3) is 0 Å². The van der Waals surface area contributed by atoms with Crippen LogP contribution < -0.4 is 0 Å². The lowest BCUT2D eigenvalue weighted by molar-refractivity contribution is -0.162. The quantitative estimate of drug-likeness (QED) is 0.358. The molecular formula is C13H18N2O4. The highest BCUT2D eigenvalue weighted by molar-refractivity contribution is 5.94. The number of hydrogen-bond acceptors (Lipinski definition) is 6. The first kappa shape index (κ1) is 16.9. The van der Waals surface area contributed by atoms with Gasteiger partial charge in [0.1, 0.15) is 0 Å². The summed E-state index contributed by atoms with van der Waals surface area (Å²) in [5.41, 5.74) is 0. The van der Waals surface area contributed by atoms with Gasteiger partial charge < -0.3 is 9.47 Å². The summed E-state index contributed by atoms with van der Waals surface area (Å²) in [4.78, 5) is 23.2. The van der Waals surface area contributed by atoms with Gasteiger partial charge in [0.05, 0.1) is 25.4 Å². The maximum absolute atomic E-state index is 11.6. The summed E-state index contributed by atoms with van der Waals surface area (Å²) < 4.78 is 9.81. The van der Waals surface area contributed by atoms with Crippen LogP contribution in [-0.4, -0.2) is 25.2 Å². The predicted molar refractivity (Wildman–Crippen MR) is 65.4 cm³/mol. The van der Waals surface area contributed by atoms with Crippen LogP contribution >= 0.6 is 0 Å². The van der Waals surface area contributed by atoms with E-state index in [-0.39, 0.29) is 13.2 Å². The molecule has 6 heteroatoms. The molecule has 0 aliphatic rings. The summed E-state index contributed by atoms with van der Waals surface area (Å²) in [6, 6.07) is 3.88. The van der Waals surface area contributed by atoms with Crippen molar-refractivity contribution in [2.75, 3.05) is 13.2 Å². The number of esters is 2. The molecule has 0 bridgehead atoms. The minimum absolute atomic E-state index is 0.130. The molecule has 0 amide bonds. The van der Waals surface area contributed by atoms with Crippen molar-refractivity contribution in [3.05, 3.63) is 0 Å². The predicted octanol–water partition coefficient (Wildman–Crippen LogP) is 1.71. The fourth-order valence-electron chi connectivity index (χ4n) is 1.28. The molecule has 0 saturated heterocycles. The Bertz CT molecular complexity index is 334. The van der Waals surface area contributed by atoms with Gasteiger partial charge in [-0.25, -0.2) is 0 Å². The molecule has 0 spiro atoms. The Morgan fingerprint density at radius 3 is 1.74 bits per heavy atom. The third-order valence-corrected chi connectivity index (χ3v) is 2.33. The molecule has 0 aliphatic heterocycles. The molecule has 0 heterocycles. The second-order valence-corrected chi connectivity index (χ2v) is 3.82. The zero-order valence-electron chi connectivity index (χ0n) is 11.1. The van der Waals surface area contributed by atoms with Gasteiger partial charge in [-0.15, -0.1) is 0 Å². The van der Waals surface area contributed by atoms with Crippen molar-refractivity contribution in [1.82, 2.24) is 0 Å². The van der Waals surface area contributed by atoms with Crippen LogP contribution in [0, 0.1) is 28.6 Å². The minimum Gasteiger partial charge on any atom is -0.465 e. The van der Waals surface area contributed by atoms with Crippen LogP contribution in [0.3, 0.4) is 0 Å². The van der Waals surface area contributed by atoms with E-state index in [9.17, 15) is 9.59 Å². The van der Waals surface area contributed by atoms with Gasteiger partial charge in [-0.3, -0.25) is 9.59 Å². The SMILES string of the molecule is CCC(C(=O)OCCCC#N)C(=O)OCCCC#N. The number of ether oxygens (including phenoxy) is 2. The van der Waals surface area contributed by atoms with Crippen molar-refractivity contribution in [3.8, 4) is 12.1 Å². The van der Waals surface area contributed by atoms with E-state index < -0.39 is 17.9 Å². The molecule has 0 aliphatic carbocycles. The molecule has 0 fully saturated rings. The highest BCUT2D eigenvalue weighted by Crippen LogP contribution is 2.09. The van der Waals surface area contributed by atoms with Crippen molar-refractivity contribution in [1.29, 1.82) is 10.5 Å². The monoisotopic (exact) mass is 266 g/mol. The van der Waals surface area contributed by atoms with Crippen LogP contribution in [0.1, 0.15) is 39.0 Å². The van der Waals surface area contributed by atoms with Gasteiger partial charge in [0.2, 0.25) is 0 Å². The maximum atomic E-state index is 11.6. The first-order valence-electron chi connectivity index (χ1n) is 6.24. The van der Waals surface area contributed by atoms with Gasteiger partial charge in [-0.05, 0) is 19.3 Å². The molecular weight excluding hydrogens is 248 g/mol. The Morgan fingerprint density at radius 1 is 1.00 bits per heavy atom. The highest BCUT2D eigenvalue weighted by Gasteiger charge is 2.27. The Kier molecular flexibility index (Phi) is 9.83. The summed E-state index contributed by atoms with van der Waals surface area (Å²) >= 11 is 0. The first-order valence-corrected chi connectivity index (χ1v) is 6.24. The summed E-state index contributed by atoms with van der Waals surface area (Å²) in [7, 11) is 0. The van der Waals surface area contributed by atoms with E-state index in [2.05, 4.69) is 0 Å². The average Bonchev–Trinajstić information content (AvgIpc) is 2.40. The minimum atomic E-state index is -0.927. The zero-order chi connectivity index (χ0) is 14.5. The van der Waals surface area contributed by atoms with E-state index in [1.54, 1.807) is 6.92 Å². The van der Waals surface area contributed by atoms with Gasteiger partial charge in [-0.2, -0.15) is 10.5 Å².